The Labute approximate surface area is 132 Å². The van der Waals surface area contributed by atoms with Crippen molar-refractivity contribution in [2.45, 2.75) is 0 Å². The average molecular weight is 310 g/mol. The third-order valence-electron chi connectivity index (χ3n) is 3.34. The lowest BCUT2D eigenvalue weighted by Crippen LogP contribution is -2.14. The summed E-state index contributed by atoms with van der Waals surface area (Å²) >= 11 is 0. The van der Waals surface area contributed by atoms with Crippen LogP contribution >= 0.6 is 0 Å². The molecule has 6 heteroatoms. The zero-order valence-corrected chi connectivity index (χ0v) is 12.3. The van der Waals surface area contributed by atoms with E-state index < -0.39 is 5.91 Å². The Morgan fingerprint density at radius 1 is 1.09 bits per heavy atom. The first-order chi connectivity index (χ1) is 11.1. The van der Waals surface area contributed by atoms with Crippen LogP contribution in [-0.2, 0) is 0 Å². The normalized spacial score (nSPS) is 10.5. The largest absolute Gasteiger partial charge is 0.505 e. The molecule has 0 radical (unpaired) electrons. The summed E-state index contributed by atoms with van der Waals surface area (Å²) < 4.78 is 10.9. The van der Waals surface area contributed by atoms with Crippen LogP contribution in [-0.4, -0.2) is 23.1 Å². The molecule has 0 fully saturated rings. The quantitative estimate of drug-likeness (QED) is 0.772. The van der Waals surface area contributed by atoms with Gasteiger partial charge in [0.2, 0.25) is 5.88 Å². The Bertz CT molecular complexity index is 893. The fraction of sp³-hybridized carbons (Fsp3) is 0.0588. The van der Waals surface area contributed by atoms with Crippen molar-refractivity contribution in [2.24, 2.45) is 5.73 Å². The van der Waals surface area contributed by atoms with Crippen molar-refractivity contribution < 1.29 is 19.4 Å². The van der Waals surface area contributed by atoms with Gasteiger partial charge in [-0.05, 0) is 18.2 Å². The Morgan fingerprint density at radius 3 is 2.48 bits per heavy atom. The number of carbonyl (C=O) groups is 1. The second-order valence-electron chi connectivity index (χ2n) is 4.81. The average Bonchev–Trinajstić information content (AvgIpc) is 2.57. The van der Waals surface area contributed by atoms with Gasteiger partial charge in [-0.2, -0.15) is 0 Å². The molecule has 3 N–H and O–H groups in total. The monoisotopic (exact) mass is 310 g/mol. The summed E-state index contributed by atoms with van der Waals surface area (Å²) in [7, 11) is 1.55. The van der Waals surface area contributed by atoms with Crippen LogP contribution in [0.25, 0.3) is 10.8 Å². The van der Waals surface area contributed by atoms with Crippen molar-refractivity contribution in [1.29, 1.82) is 0 Å². The molecule has 0 unspecified atom stereocenters. The minimum absolute atomic E-state index is 0.181. The summed E-state index contributed by atoms with van der Waals surface area (Å²) in [4.78, 5) is 15.6. The van der Waals surface area contributed by atoms with E-state index in [4.69, 9.17) is 15.2 Å². The number of aromatic hydroxyl groups is 1. The maximum atomic E-state index is 11.5. The van der Waals surface area contributed by atoms with Crippen LogP contribution in [0.5, 0.6) is 23.1 Å². The number of nitrogens with two attached hydrogens (primary N) is 1. The Hall–Kier alpha value is -3.28. The van der Waals surface area contributed by atoms with E-state index in [1.807, 2.05) is 0 Å². The molecular formula is C17H14N2O4. The van der Waals surface area contributed by atoms with Gasteiger partial charge in [0.15, 0.2) is 11.4 Å². The van der Waals surface area contributed by atoms with E-state index in [-0.39, 0.29) is 17.3 Å². The summed E-state index contributed by atoms with van der Waals surface area (Å²) in [5.74, 6) is 0.208. The Morgan fingerprint density at radius 2 is 1.78 bits per heavy atom. The highest BCUT2D eigenvalue weighted by molar-refractivity contribution is 6.02. The number of pyridine rings is 1. The molecule has 1 heterocycles. The lowest BCUT2D eigenvalue weighted by Gasteiger charge is -2.12. The van der Waals surface area contributed by atoms with Gasteiger partial charge < -0.3 is 20.3 Å². The molecule has 0 saturated carbocycles. The fourth-order valence-electron chi connectivity index (χ4n) is 2.24. The highest BCUT2D eigenvalue weighted by atomic mass is 16.5. The van der Waals surface area contributed by atoms with Crippen molar-refractivity contribution in [3.8, 4) is 23.1 Å². The highest BCUT2D eigenvalue weighted by Crippen LogP contribution is 2.35. The van der Waals surface area contributed by atoms with Gasteiger partial charge in [-0.15, -0.1) is 0 Å². The molecule has 3 aromatic rings. The topological polar surface area (TPSA) is 94.7 Å². The molecule has 0 aliphatic rings. The number of hydrogen-bond acceptors (Lipinski definition) is 5. The number of aromatic nitrogens is 1. The van der Waals surface area contributed by atoms with Crippen molar-refractivity contribution in [1.82, 2.24) is 4.98 Å². The van der Waals surface area contributed by atoms with Crippen LogP contribution in [0, 0.1) is 0 Å². The minimum Gasteiger partial charge on any atom is -0.505 e. The highest BCUT2D eigenvalue weighted by Gasteiger charge is 2.18. The molecule has 0 aliphatic heterocycles. The number of carbonyl (C=O) groups excluding carboxylic acids is 1. The molecule has 0 atom stereocenters. The molecule has 2 aromatic carbocycles. The number of methoxy groups -OCH3 is 1. The van der Waals surface area contributed by atoms with Crippen LogP contribution in [0.1, 0.15) is 10.5 Å². The van der Waals surface area contributed by atoms with Crippen molar-refractivity contribution in [2.75, 3.05) is 7.11 Å². The molecular weight excluding hydrogens is 296 g/mol. The van der Waals surface area contributed by atoms with Crippen molar-refractivity contribution >= 4 is 16.7 Å². The standard InChI is InChI=1S/C17H14N2O4/c1-22-10-5-4-6-11(9-10)23-17-13-8-3-2-7-12(13)15(20)14(19-17)16(18)21/h2-9,20H,1H3,(H2,18,21). The van der Waals surface area contributed by atoms with E-state index in [0.717, 1.165) is 0 Å². The minimum atomic E-state index is -0.830. The third-order valence-corrected chi connectivity index (χ3v) is 3.34. The number of rotatable bonds is 4. The molecule has 0 bridgehead atoms. The fourth-order valence-corrected chi connectivity index (χ4v) is 2.24. The maximum Gasteiger partial charge on any atom is 0.271 e. The van der Waals surface area contributed by atoms with Crippen molar-refractivity contribution in [3.05, 3.63) is 54.2 Å². The van der Waals surface area contributed by atoms with E-state index in [9.17, 15) is 9.90 Å². The number of primary amides is 1. The van der Waals surface area contributed by atoms with Gasteiger partial charge in [0.25, 0.3) is 5.91 Å². The zero-order valence-electron chi connectivity index (χ0n) is 12.3. The Kier molecular flexibility index (Phi) is 3.72. The first kappa shape index (κ1) is 14.6. The van der Waals surface area contributed by atoms with Gasteiger partial charge in [-0.3, -0.25) is 4.79 Å². The number of benzene rings is 2. The summed E-state index contributed by atoms with van der Waals surface area (Å²) in [6.07, 6.45) is 0. The lowest BCUT2D eigenvalue weighted by molar-refractivity contribution is 0.0992. The van der Waals surface area contributed by atoms with Gasteiger partial charge in [0.05, 0.1) is 7.11 Å². The molecule has 0 saturated heterocycles. The van der Waals surface area contributed by atoms with E-state index in [1.165, 1.54) is 0 Å². The number of fused-ring (bicyclic) bond motifs is 1. The van der Waals surface area contributed by atoms with Crippen LogP contribution in [0.3, 0.4) is 0 Å². The van der Waals surface area contributed by atoms with Crippen LogP contribution < -0.4 is 15.2 Å². The van der Waals surface area contributed by atoms with Crippen molar-refractivity contribution in [3.63, 3.8) is 0 Å². The molecule has 116 valence electrons. The molecule has 3 rings (SSSR count). The summed E-state index contributed by atoms with van der Waals surface area (Å²) in [5.41, 5.74) is 5.04. The molecule has 6 nitrogen and oxygen atoms in total. The zero-order chi connectivity index (χ0) is 16.4. The Balaban J connectivity index is 2.16. The van der Waals surface area contributed by atoms with E-state index in [0.29, 0.717) is 22.3 Å². The number of nitrogens with zero attached hydrogens (tertiary/aromatic N) is 1. The van der Waals surface area contributed by atoms with Gasteiger partial charge in [0, 0.05) is 16.8 Å². The SMILES string of the molecule is COc1cccc(Oc2nc(C(N)=O)c(O)c3ccccc23)c1. The van der Waals surface area contributed by atoms with Crippen LogP contribution in [0.15, 0.2) is 48.5 Å². The molecule has 23 heavy (non-hydrogen) atoms. The van der Waals surface area contributed by atoms with Crippen LogP contribution in [0.4, 0.5) is 0 Å². The first-order valence-corrected chi connectivity index (χ1v) is 6.83. The molecule has 0 aliphatic carbocycles. The van der Waals surface area contributed by atoms with Gasteiger partial charge >= 0.3 is 0 Å². The number of hydrogen-bond donors (Lipinski definition) is 2. The number of ether oxygens (including phenoxy) is 2. The summed E-state index contributed by atoms with van der Waals surface area (Å²) in [5, 5.41) is 11.2. The predicted octanol–water partition coefficient (Wildman–Crippen LogP) is 2.84. The van der Waals surface area contributed by atoms with E-state index in [2.05, 4.69) is 4.98 Å². The second kappa shape index (κ2) is 5.84. The summed E-state index contributed by atoms with van der Waals surface area (Å²) in [6.45, 7) is 0. The first-order valence-electron chi connectivity index (χ1n) is 6.83. The molecule has 1 amide bonds. The molecule has 1 aromatic heterocycles. The van der Waals surface area contributed by atoms with Gasteiger partial charge in [-0.25, -0.2) is 4.98 Å². The third kappa shape index (κ3) is 2.74. The summed E-state index contributed by atoms with van der Waals surface area (Å²) in [6, 6.07) is 13.9. The smallest absolute Gasteiger partial charge is 0.271 e. The van der Waals surface area contributed by atoms with E-state index in [1.54, 1.807) is 55.6 Å². The van der Waals surface area contributed by atoms with Gasteiger partial charge in [0.1, 0.15) is 11.5 Å². The van der Waals surface area contributed by atoms with E-state index >= 15 is 0 Å². The second-order valence-corrected chi connectivity index (χ2v) is 4.81. The predicted molar refractivity (Wildman–Crippen MR) is 85.0 cm³/mol. The lowest BCUT2D eigenvalue weighted by atomic mass is 10.1. The number of amides is 1. The van der Waals surface area contributed by atoms with Crippen LogP contribution in [0.2, 0.25) is 0 Å². The maximum absolute atomic E-state index is 11.5. The van der Waals surface area contributed by atoms with Gasteiger partial charge in [-0.1, -0.05) is 24.3 Å². The molecule has 0 spiro atoms.